The first-order valence-corrected chi connectivity index (χ1v) is 27.9. The van der Waals surface area contributed by atoms with Gasteiger partial charge in [-0.15, -0.1) is 0 Å². The number of allylic oxidation sites excluding steroid dienone is 19. The molecule has 0 aromatic carbocycles. The third-order valence-corrected chi connectivity index (χ3v) is 12.2. The summed E-state index contributed by atoms with van der Waals surface area (Å²) >= 11 is 0. The summed E-state index contributed by atoms with van der Waals surface area (Å²) in [5.41, 5.74) is 0. The quantitative estimate of drug-likeness (QED) is 0.0149. The van der Waals surface area contributed by atoms with Gasteiger partial charge in [0.2, 0.25) is 5.91 Å². The average molecular weight is 1010 g/mol. The van der Waals surface area contributed by atoms with E-state index in [1.165, 1.54) is 64.2 Å². The summed E-state index contributed by atoms with van der Waals surface area (Å²) in [7, 11) is 0. The lowest BCUT2D eigenvalue weighted by atomic mass is 9.99. The number of nitrogens with one attached hydrogen (secondary N) is 1. The highest BCUT2D eigenvalue weighted by atomic mass is 16.7. The van der Waals surface area contributed by atoms with E-state index in [4.69, 9.17) is 14.2 Å². The second-order valence-corrected chi connectivity index (χ2v) is 18.7. The molecule has 0 spiro atoms. The van der Waals surface area contributed by atoms with Crippen LogP contribution in [0.25, 0.3) is 0 Å². The molecule has 1 saturated heterocycles. The van der Waals surface area contributed by atoms with Crippen LogP contribution in [0.3, 0.4) is 0 Å². The molecule has 408 valence electrons. The van der Waals surface area contributed by atoms with Gasteiger partial charge >= 0.3 is 5.97 Å². The minimum absolute atomic E-state index is 0.0161. The normalized spacial score (nSPS) is 20.5. The van der Waals surface area contributed by atoms with Gasteiger partial charge in [-0.05, 0) is 83.5 Å². The number of rotatable bonds is 44. The molecule has 1 heterocycles. The molecule has 1 rings (SSSR count). The number of hydrogen-bond acceptors (Lipinski definition) is 10. The monoisotopic (exact) mass is 1010 g/mol. The molecule has 1 fully saturated rings. The van der Waals surface area contributed by atoms with Gasteiger partial charge in [-0.25, -0.2) is 0 Å². The van der Waals surface area contributed by atoms with E-state index < -0.39 is 67.4 Å². The maximum Gasteiger partial charge on any atom is 0.306 e. The third-order valence-electron chi connectivity index (χ3n) is 12.2. The van der Waals surface area contributed by atoms with E-state index in [1.807, 2.05) is 60.8 Å². The third kappa shape index (κ3) is 36.1. The predicted octanol–water partition coefficient (Wildman–Crippen LogP) is 12.3. The summed E-state index contributed by atoms with van der Waals surface area (Å²) < 4.78 is 17.4. The molecule has 11 nitrogen and oxygen atoms in total. The van der Waals surface area contributed by atoms with Crippen molar-refractivity contribution >= 4 is 11.9 Å². The van der Waals surface area contributed by atoms with Crippen LogP contribution in [-0.2, 0) is 23.8 Å². The van der Waals surface area contributed by atoms with Crippen molar-refractivity contribution in [3.05, 3.63) is 122 Å². The van der Waals surface area contributed by atoms with E-state index in [9.17, 15) is 35.1 Å². The molecule has 1 aliphatic rings. The van der Waals surface area contributed by atoms with E-state index in [1.54, 1.807) is 6.08 Å². The Morgan fingerprint density at radius 1 is 0.569 bits per heavy atom. The SMILES string of the molecule is CC/C=C/C=C/C=C\C=C/C=C/CCCC(=O)OC1C(OCC(NC(=O)C(O)CCCC/C=C\C/C=C\C/C=C\C/C=C\CCCCC)C(O)/C=C/CCCCCCCCCCCC)OC(CO)C(O)C1O. The number of carbonyl (C=O) groups excluding carboxylic acids is 2. The molecule has 6 N–H and O–H groups in total. The van der Waals surface area contributed by atoms with Crippen LogP contribution >= 0.6 is 0 Å². The molecular formula is C61H99NO10. The van der Waals surface area contributed by atoms with Gasteiger partial charge in [-0.1, -0.05) is 219 Å². The van der Waals surface area contributed by atoms with Crippen LogP contribution in [0, 0.1) is 0 Å². The Labute approximate surface area is 436 Å². The Hall–Kier alpha value is -3.94. The second-order valence-electron chi connectivity index (χ2n) is 18.7. The first kappa shape index (κ1) is 66.1. The minimum Gasteiger partial charge on any atom is -0.454 e. The number of ether oxygens (including phenoxy) is 3. The fourth-order valence-corrected chi connectivity index (χ4v) is 7.78. The first-order valence-electron chi connectivity index (χ1n) is 27.9. The Kier molecular flexibility index (Phi) is 44.1. The smallest absolute Gasteiger partial charge is 0.306 e. The summed E-state index contributed by atoms with van der Waals surface area (Å²) in [6.07, 6.45) is 55.4. The zero-order chi connectivity index (χ0) is 52.5. The average Bonchev–Trinajstić information content (AvgIpc) is 3.38. The molecule has 0 radical (unpaired) electrons. The molecule has 1 aliphatic heterocycles. The van der Waals surface area contributed by atoms with Crippen molar-refractivity contribution in [3.63, 3.8) is 0 Å². The summed E-state index contributed by atoms with van der Waals surface area (Å²) in [4.78, 5) is 26.4. The zero-order valence-corrected chi connectivity index (χ0v) is 44.7. The molecule has 72 heavy (non-hydrogen) atoms. The topological polar surface area (TPSA) is 175 Å². The Balaban J connectivity index is 2.82. The van der Waals surface area contributed by atoms with Gasteiger partial charge < -0.3 is 45.1 Å². The van der Waals surface area contributed by atoms with E-state index in [0.717, 1.165) is 70.6 Å². The lowest BCUT2D eigenvalue weighted by Crippen LogP contribution is -2.61. The van der Waals surface area contributed by atoms with E-state index in [2.05, 4.69) is 80.8 Å². The second kappa shape index (κ2) is 48.0. The van der Waals surface area contributed by atoms with Crippen LogP contribution in [0.1, 0.15) is 188 Å². The van der Waals surface area contributed by atoms with Crippen molar-refractivity contribution in [2.24, 2.45) is 0 Å². The number of unbranched alkanes of at least 4 members (excludes halogenated alkanes) is 16. The summed E-state index contributed by atoms with van der Waals surface area (Å²) in [6.45, 7) is 5.51. The standard InChI is InChI=1S/C61H99NO10/c1-4-7-10-13-16-19-22-25-26-27-28-29-31-33-36-39-42-45-48-54(65)60(69)62-52(53(64)47-44-41-38-35-32-24-21-18-15-12-9-6-3)51-70-61-59(58(68)57(67)55(50-63)71-61)72-56(66)49-46-43-40-37-34-30-23-20-17-14-11-8-5-2/h8,11,14,16-17,19-20,23,25-26,28-30,33-34,36-37,40,44,47,52-55,57-59,61,63-65,67-68H,4-7,9-10,12-13,15,18,21-22,24,27,31-32,35,38-39,41-43,45-46,48-51H2,1-3H3,(H,62,69)/b11-8+,17-14+,19-16-,23-20-,26-25-,29-28-,34-30-,36-33-,40-37+,47-44+. The Morgan fingerprint density at radius 3 is 1.64 bits per heavy atom. The van der Waals surface area contributed by atoms with Crippen LogP contribution in [0.4, 0.5) is 0 Å². The van der Waals surface area contributed by atoms with Gasteiger partial charge in [0.15, 0.2) is 12.4 Å². The highest BCUT2D eigenvalue weighted by Crippen LogP contribution is 2.26. The van der Waals surface area contributed by atoms with Crippen molar-refractivity contribution in [2.75, 3.05) is 13.2 Å². The van der Waals surface area contributed by atoms with Gasteiger partial charge in [-0.3, -0.25) is 9.59 Å². The number of amides is 1. The van der Waals surface area contributed by atoms with Crippen molar-refractivity contribution in [3.8, 4) is 0 Å². The number of aliphatic hydroxyl groups is 5. The molecule has 0 aliphatic carbocycles. The van der Waals surface area contributed by atoms with E-state index in [0.29, 0.717) is 19.3 Å². The fraction of sp³-hybridized carbons (Fsp3) is 0.639. The number of aliphatic hydroxyl groups excluding tert-OH is 5. The number of carbonyl (C=O) groups is 2. The highest BCUT2D eigenvalue weighted by molar-refractivity contribution is 5.80. The molecule has 0 bridgehead atoms. The van der Waals surface area contributed by atoms with Gasteiger partial charge in [-0.2, -0.15) is 0 Å². The van der Waals surface area contributed by atoms with Gasteiger partial charge in [0, 0.05) is 6.42 Å². The lowest BCUT2D eigenvalue weighted by Gasteiger charge is -2.41. The van der Waals surface area contributed by atoms with Crippen molar-refractivity contribution in [1.82, 2.24) is 5.32 Å². The van der Waals surface area contributed by atoms with Gasteiger partial charge in [0.1, 0.15) is 24.4 Å². The van der Waals surface area contributed by atoms with Crippen LogP contribution in [0.2, 0.25) is 0 Å². The van der Waals surface area contributed by atoms with Crippen LogP contribution < -0.4 is 5.32 Å². The Bertz CT molecular complexity index is 1630. The highest BCUT2D eigenvalue weighted by Gasteiger charge is 2.47. The van der Waals surface area contributed by atoms with E-state index >= 15 is 0 Å². The Morgan fingerprint density at radius 2 is 1.06 bits per heavy atom. The summed E-state index contributed by atoms with van der Waals surface area (Å²) in [6, 6.07) is -1.06. The number of esters is 1. The zero-order valence-electron chi connectivity index (χ0n) is 44.7. The minimum atomic E-state index is -1.66. The lowest BCUT2D eigenvalue weighted by molar-refractivity contribution is -0.305. The van der Waals surface area contributed by atoms with Crippen LogP contribution in [-0.4, -0.2) is 99.6 Å². The molecule has 8 atom stereocenters. The largest absolute Gasteiger partial charge is 0.454 e. The molecule has 0 aromatic heterocycles. The van der Waals surface area contributed by atoms with Crippen LogP contribution in [0.5, 0.6) is 0 Å². The van der Waals surface area contributed by atoms with Crippen LogP contribution in [0.15, 0.2) is 122 Å². The van der Waals surface area contributed by atoms with Crippen molar-refractivity contribution in [2.45, 2.75) is 237 Å². The molecule has 0 aromatic rings. The molecule has 8 unspecified atom stereocenters. The number of hydrogen-bond donors (Lipinski definition) is 6. The summed E-state index contributed by atoms with van der Waals surface area (Å²) in [5.74, 6) is -1.32. The fourth-order valence-electron chi connectivity index (χ4n) is 7.78. The molecule has 11 heteroatoms. The molecule has 1 amide bonds. The predicted molar refractivity (Wildman–Crippen MR) is 296 cm³/mol. The maximum absolute atomic E-state index is 13.4. The maximum atomic E-state index is 13.4. The van der Waals surface area contributed by atoms with Crippen molar-refractivity contribution < 1.29 is 49.3 Å². The molecular weight excluding hydrogens is 907 g/mol. The molecule has 0 saturated carbocycles. The first-order chi connectivity index (χ1) is 35.2. The van der Waals surface area contributed by atoms with E-state index in [-0.39, 0.29) is 19.4 Å². The summed E-state index contributed by atoms with van der Waals surface area (Å²) in [5, 5.41) is 56.7. The van der Waals surface area contributed by atoms with Gasteiger partial charge in [0.25, 0.3) is 0 Å². The van der Waals surface area contributed by atoms with Gasteiger partial charge in [0.05, 0.1) is 25.4 Å². The van der Waals surface area contributed by atoms with Crippen molar-refractivity contribution in [1.29, 1.82) is 0 Å².